The molecule has 8 heteroatoms. The number of aryl methyl sites for hydroxylation is 3. The second-order valence-electron chi connectivity index (χ2n) is 7.77. The van der Waals surface area contributed by atoms with Crippen molar-refractivity contribution in [3.8, 4) is 11.1 Å². The highest BCUT2D eigenvalue weighted by Crippen LogP contribution is 2.27. The van der Waals surface area contributed by atoms with Gasteiger partial charge in [0, 0.05) is 12.2 Å². The van der Waals surface area contributed by atoms with Crippen LogP contribution in [0.5, 0.6) is 0 Å². The fourth-order valence-corrected chi connectivity index (χ4v) is 5.37. The Balaban J connectivity index is 1.77. The van der Waals surface area contributed by atoms with Gasteiger partial charge in [-0.3, -0.25) is 0 Å². The van der Waals surface area contributed by atoms with E-state index in [1.165, 1.54) is 0 Å². The zero-order valence-electron chi connectivity index (χ0n) is 18.0. The molecule has 0 aromatic heterocycles. The summed E-state index contributed by atoms with van der Waals surface area (Å²) in [6.45, 7) is 4.31. The van der Waals surface area contributed by atoms with Gasteiger partial charge in [-0.25, -0.2) is 8.42 Å². The molecule has 0 saturated carbocycles. The van der Waals surface area contributed by atoms with Gasteiger partial charge >= 0.3 is 6.18 Å². The lowest BCUT2D eigenvalue weighted by Gasteiger charge is -2.23. The Labute approximate surface area is 186 Å². The van der Waals surface area contributed by atoms with Crippen molar-refractivity contribution in [3.63, 3.8) is 0 Å². The number of hydrogen-bond donors (Lipinski definition) is 2. The van der Waals surface area contributed by atoms with E-state index in [2.05, 4.69) is 5.32 Å². The SMILES string of the molecule is Cc1cc(C)c(S(=O)(=O)NC(CNc2ccc(-c3ccccc3)cc2)C(F)(F)F)c(C)c1. The zero-order chi connectivity index (χ0) is 23.5. The van der Waals surface area contributed by atoms with Gasteiger partial charge < -0.3 is 5.32 Å². The first-order valence-corrected chi connectivity index (χ1v) is 11.5. The van der Waals surface area contributed by atoms with Crippen LogP contribution in [0, 0.1) is 20.8 Å². The first kappa shape index (κ1) is 23.8. The average Bonchev–Trinajstić information content (AvgIpc) is 2.70. The zero-order valence-corrected chi connectivity index (χ0v) is 18.8. The number of alkyl halides is 3. The van der Waals surface area contributed by atoms with Crippen LogP contribution in [0.25, 0.3) is 11.1 Å². The summed E-state index contributed by atoms with van der Waals surface area (Å²) in [5.74, 6) is 0. The molecule has 3 aromatic carbocycles. The summed E-state index contributed by atoms with van der Waals surface area (Å²) >= 11 is 0. The smallest absolute Gasteiger partial charge is 0.383 e. The Morgan fingerprint density at radius 2 is 1.38 bits per heavy atom. The average molecular weight is 463 g/mol. The van der Waals surface area contributed by atoms with E-state index in [1.807, 2.05) is 35.1 Å². The third-order valence-corrected chi connectivity index (χ3v) is 6.84. The number of benzene rings is 3. The normalized spacial score (nSPS) is 13.1. The van der Waals surface area contributed by atoms with Crippen LogP contribution in [0.15, 0.2) is 71.6 Å². The van der Waals surface area contributed by atoms with E-state index < -0.39 is 28.8 Å². The van der Waals surface area contributed by atoms with Crippen molar-refractivity contribution in [1.29, 1.82) is 0 Å². The van der Waals surface area contributed by atoms with Crippen molar-refractivity contribution in [3.05, 3.63) is 83.4 Å². The molecule has 170 valence electrons. The van der Waals surface area contributed by atoms with Crippen molar-refractivity contribution in [1.82, 2.24) is 4.72 Å². The van der Waals surface area contributed by atoms with Gasteiger partial charge in [-0.15, -0.1) is 0 Å². The lowest BCUT2D eigenvalue weighted by atomic mass is 10.1. The van der Waals surface area contributed by atoms with E-state index in [0.717, 1.165) is 16.7 Å². The fraction of sp³-hybridized carbons (Fsp3) is 0.250. The maximum Gasteiger partial charge on any atom is 0.406 e. The molecule has 2 N–H and O–H groups in total. The maximum absolute atomic E-state index is 13.7. The first-order valence-electron chi connectivity index (χ1n) is 10.0. The van der Waals surface area contributed by atoms with Crippen LogP contribution in [0.4, 0.5) is 18.9 Å². The molecule has 3 aromatic rings. The molecule has 0 aliphatic carbocycles. The Hall–Kier alpha value is -2.84. The van der Waals surface area contributed by atoms with Crippen LogP contribution in [0.2, 0.25) is 0 Å². The molecule has 0 aliphatic heterocycles. The van der Waals surface area contributed by atoms with Crippen LogP contribution in [-0.4, -0.2) is 27.2 Å². The summed E-state index contributed by atoms with van der Waals surface area (Å²) in [4.78, 5) is -0.121. The number of anilines is 1. The molecule has 32 heavy (non-hydrogen) atoms. The lowest BCUT2D eigenvalue weighted by Crippen LogP contribution is -2.49. The molecule has 0 fully saturated rings. The quantitative estimate of drug-likeness (QED) is 0.481. The summed E-state index contributed by atoms with van der Waals surface area (Å²) in [7, 11) is -4.38. The highest BCUT2D eigenvalue weighted by molar-refractivity contribution is 7.89. The molecule has 0 saturated heterocycles. The molecular weight excluding hydrogens is 437 g/mol. The van der Waals surface area contributed by atoms with E-state index in [-0.39, 0.29) is 4.90 Å². The second kappa shape index (κ2) is 9.34. The van der Waals surface area contributed by atoms with Gasteiger partial charge in [-0.1, -0.05) is 60.2 Å². The number of nitrogens with one attached hydrogen (secondary N) is 2. The van der Waals surface area contributed by atoms with Crippen LogP contribution < -0.4 is 10.0 Å². The van der Waals surface area contributed by atoms with Gasteiger partial charge in [0.1, 0.15) is 6.04 Å². The van der Waals surface area contributed by atoms with E-state index >= 15 is 0 Å². The Kier molecular flexibility index (Phi) is 6.95. The number of rotatable bonds is 7. The number of halogens is 3. The van der Waals surface area contributed by atoms with Gasteiger partial charge in [-0.05, 0) is 55.2 Å². The van der Waals surface area contributed by atoms with E-state index in [9.17, 15) is 21.6 Å². The summed E-state index contributed by atoms with van der Waals surface area (Å²) in [5, 5.41) is 2.70. The Morgan fingerprint density at radius 1 is 0.844 bits per heavy atom. The van der Waals surface area contributed by atoms with Gasteiger partial charge in [0.25, 0.3) is 0 Å². The van der Waals surface area contributed by atoms with Crippen LogP contribution >= 0.6 is 0 Å². The van der Waals surface area contributed by atoms with Crippen molar-refractivity contribution >= 4 is 15.7 Å². The second-order valence-corrected chi connectivity index (χ2v) is 9.42. The molecule has 0 radical (unpaired) electrons. The third kappa shape index (κ3) is 5.69. The highest BCUT2D eigenvalue weighted by Gasteiger charge is 2.42. The molecule has 1 atom stereocenters. The van der Waals surface area contributed by atoms with E-state index in [0.29, 0.717) is 16.8 Å². The topological polar surface area (TPSA) is 58.2 Å². The van der Waals surface area contributed by atoms with Crippen molar-refractivity contribution in [2.24, 2.45) is 0 Å². The molecular formula is C24H25F3N2O2S. The standard InChI is InChI=1S/C24H25F3N2O2S/c1-16-13-17(2)23(18(3)14-16)32(30,31)29-22(24(25,26)27)15-28-21-11-9-20(10-12-21)19-7-5-4-6-8-19/h4-14,22,28-29H,15H2,1-3H3. The molecule has 0 heterocycles. The van der Waals surface area contributed by atoms with E-state index in [1.54, 1.807) is 57.2 Å². The van der Waals surface area contributed by atoms with Crippen molar-refractivity contribution in [2.45, 2.75) is 37.9 Å². The van der Waals surface area contributed by atoms with Gasteiger partial charge in [0.05, 0.1) is 4.90 Å². The van der Waals surface area contributed by atoms with Crippen LogP contribution in [0.3, 0.4) is 0 Å². The van der Waals surface area contributed by atoms with Crippen LogP contribution in [-0.2, 0) is 10.0 Å². The maximum atomic E-state index is 13.7. The van der Waals surface area contributed by atoms with Crippen molar-refractivity contribution < 1.29 is 21.6 Å². The largest absolute Gasteiger partial charge is 0.406 e. The molecule has 0 aliphatic rings. The van der Waals surface area contributed by atoms with Crippen molar-refractivity contribution in [2.75, 3.05) is 11.9 Å². The first-order chi connectivity index (χ1) is 15.0. The minimum atomic E-state index is -4.77. The van der Waals surface area contributed by atoms with Gasteiger partial charge in [-0.2, -0.15) is 17.9 Å². The lowest BCUT2D eigenvalue weighted by molar-refractivity contribution is -0.148. The summed E-state index contributed by atoms with van der Waals surface area (Å²) < 4.78 is 68.4. The minimum absolute atomic E-state index is 0.121. The Morgan fingerprint density at radius 3 is 1.91 bits per heavy atom. The summed E-state index contributed by atoms with van der Waals surface area (Å²) in [6, 6.07) is 17.5. The van der Waals surface area contributed by atoms with Crippen LogP contribution in [0.1, 0.15) is 16.7 Å². The minimum Gasteiger partial charge on any atom is -0.383 e. The monoisotopic (exact) mass is 462 g/mol. The molecule has 1 unspecified atom stereocenters. The Bertz CT molecular complexity index is 1150. The van der Waals surface area contributed by atoms with Gasteiger partial charge in [0.15, 0.2) is 0 Å². The summed E-state index contributed by atoms with van der Waals surface area (Å²) in [6.07, 6.45) is -4.77. The highest BCUT2D eigenvalue weighted by atomic mass is 32.2. The molecule has 0 spiro atoms. The number of sulfonamides is 1. The molecule has 3 rings (SSSR count). The molecule has 0 amide bonds. The summed E-state index contributed by atoms with van der Waals surface area (Å²) in [5.41, 5.74) is 4.02. The number of hydrogen-bond acceptors (Lipinski definition) is 3. The molecule has 0 bridgehead atoms. The fourth-order valence-electron chi connectivity index (χ4n) is 3.69. The van der Waals surface area contributed by atoms with Gasteiger partial charge in [0.2, 0.25) is 10.0 Å². The molecule has 4 nitrogen and oxygen atoms in total. The van der Waals surface area contributed by atoms with E-state index in [4.69, 9.17) is 0 Å². The predicted molar refractivity (Wildman–Crippen MR) is 121 cm³/mol. The third-order valence-electron chi connectivity index (χ3n) is 5.07. The predicted octanol–water partition coefficient (Wildman–Crippen LogP) is 5.60.